The Balaban J connectivity index is 2.78. The van der Waals surface area contributed by atoms with Crippen molar-refractivity contribution >= 4 is 34.9 Å². The molecule has 0 spiro atoms. The number of hydrogen-bond donors (Lipinski definition) is 0. The highest BCUT2D eigenvalue weighted by Crippen LogP contribution is 2.26. The summed E-state index contributed by atoms with van der Waals surface area (Å²) in [5.41, 5.74) is -0.275. The molecule has 0 bridgehead atoms. The fraction of sp³-hybridized carbons (Fsp3) is 0.222. The van der Waals surface area contributed by atoms with Crippen LogP contribution in [0.15, 0.2) is 18.2 Å². The zero-order chi connectivity index (χ0) is 13.9. The van der Waals surface area contributed by atoms with E-state index in [0.717, 1.165) is 6.07 Å². The Bertz CT molecular complexity index is 490. The van der Waals surface area contributed by atoms with Gasteiger partial charge in [-0.25, -0.2) is 4.79 Å². The van der Waals surface area contributed by atoms with Gasteiger partial charge in [0, 0.05) is 6.07 Å². The summed E-state index contributed by atoms with van der Waals surface area (Å²) >= 11 is 9.96. The first kappa shape index (κ1) is 14.6. The van der Waals surface area contributed by atoms with Crippen molar-refractivity contribution in [2.45, 2.75) is 12.0 Å². The van der Waals surface area contributed by atoms with Crippen molar-refractivity contribution in [1.29, 1.82) is 0 Å². The van der Waals surface area contributed by atoms with Gasteiger partial charge in [-0.2, -0.15) is 8.78 Å². The lowest BCUT2D eigenvalue weighted by Crippen LogP contribution is -2.23. The second kappa shape index (κ2) is 5.45. The molecule has 0 aliphatic heterocycles. The summed E-state index contributed by atoms with van der Waals surface area (Å²) in [7, 11) is 0. The monoisotopic (exact) mass is 299 g/mol. The van der Waals surface area contributed by atoms with Gasteiger partial charge in [-0.1, -0.05) is 17.7 Å². The van der Waals surface area contributed by atoms with Crippen molar-refractivity contribution in [2.24, 2.45) is 0 Å². The molecule has 0 heterocycles. The Morgan fingerprint density at radius 1 is 1.50 bits per heavy atom. The van der Waals surface area contributed by atoms with Crippen LogP contribution in [-0.2, 0) is 16.1 Å². The molecule has 0 saturated carbocycles. The highest BCUT2D eigenvalue weighted by atomic mass is 35.5. The summed E-state index contributed by atoms with van der Waals surface area (Å²) in [5, 5.41) is 6.30. The van der Waals surface area contributed by atoms with E-state index >= 15 is 0 Å². The van der Waals surface area contributed by atoms with Crippen LogP contribution in [0.25, 0.3) is 0 Å². The molecule has 9 heteroatoms. The van der Waals surface area contributed by atoms with Gasteiger partial charge in [-0.05, 0) is 23.2 Å². The highest BCUT2D eigenvalue weighted by molar-refractivity contribution is 6.32. The van der Waals surface area contributed by atoms with Gasteiger partial charge in [-0.15, -0.1) is 0 Å². The average Bonchev–Trinajstić information content (AvgIpc) is 2.25. The lowest BCUT2D eigenvalue weighted by atomic mass is 10.2. The van der Waals surface area contributed by atoms with Crippen molar-refractivity contribution in [3.63, 3.8) is 0 Å². The zero-order valence-corrected chi connectivity index (χ0v) is 10.0. The molecule has 0 fully saturated rings. The summed E-state index contributed by atoms with van der Waals surface area (Å²) in [6.45, 7) is -0.570. The molecule has 0 aliphatic rings. The molecule has 0 radical (unpaired) electrons. The van der Waals surface area contributed by atoms with E-state index < -0.39 is 28.6 Å². The minimum absolute atomic E-state index is 0.113. The van der Waals surface area contributed by atoms with Gasteiger partial charge in [0.25, 0.3) is 5.69 Å². The van der Waals surface area contributed by atoms with Gasteiger partial charge in [0.15, 0.2) is 0 Å². The Kier molecular flexibility index (Phi) is 4.42. The molecule has 1 aromatic carbocycles. The van der Waals surface area contributed by atoms with Crippen molar-refractivity contribution in [1.82, 2.24) is 0 Å². The van der Waals surface area contributed by atoms with E-state index in [-0.39, 0.29) is 10.6 Å². The third kappa shape index (κ3) is 3.78. The standard InChI is InChI=1S/C9H5Cl2F2NO4/c10-6-2-1-5(3-7(6)14(16)17)4-18-8(15)9(11,12)13/h1-3H,4H2. The number of nitrogens with zero attached hydrogens (tertiary/aromatic N) is 1. The fourth-order valence-corrected chi connectivity index (χ4v) is 1.26. The Morgan fingerprint density at radius 3 is 2.61 bits per heavy atom. The SMILES string of the molecule is O=C(OCc1ccc(Cl)c([N+](=O)[O-])c1)C(F)(F)Cl. The molecule has 0 unspecified atom stereocenters. The smallest absolute Gasteiger partial charge is 0.417 e. The maximum atomic E-state index is 12.3. The van der Waals surface area contributed by atoms with Crippen LogP contribution >= 0.6 is 23.2 Å². The van der Waals surface area contributed by atoms with E-state index in [1.54, 1.807) is 0 Å². The molecular weight excluding hydrogens is 295 g/mol. The second-order valence-corrected chi connectivity index (χ2v) is 4.00. The molecular formula is C9H5Cl2F2NO4. The molecule has 0 aromatic heterocycles. The Morgan fingerprint density at radius 2 is 2.11 bits per heavy atom. The molecule has 1 rings (SSSR count). The van der Waals surface area contributed by atoms with E-state index in [1.807, 2.05) is 0 Å². The van der Waals surface area contributed by atoms with E-state index in [1.165, 1.54) is 12.1 Å². The highest BCUT2D eigenvalue weighted by Gasteiger charge is 2.37. The van der Waals surface area contributed by atoms with Gasteiger partial charge in [0.1, 0.15) is 11.6 Å². The lowest BCUT2D eigenvalue weighted by molar-refractivity contribution is -0.384. The topological polar surface area (TPSA) is 69.4 Å². The van der Waals surface area contributed by atoms with Crippen LogP contribution in [0, 0.1) is 10.1 Å². The zero-order valence-electron chi connectivity index (χ0n) is 8.53. The number of carbonyl (C=O) groups is 1. The predicted molar refractivity (Wildman–Crippen MR) is 58.7 cm³/mol. The van der Waals surface area contributed by atoms with E-state index in [4.69, 9.17) is 11.6 Å². The molecule has 0 amide bonds. The van der Waals surface area contributed by atoms with Crippen LogP contribution in [0.1, 0.15) is 5.56 Å². The third-order valence-electron chi connectivity index (χ3n) is 1.81. The minimum atomic E-state index is -4.13. The molecule has 5 nitrogen and oxygen atoms in total. The van der Waals surface area contributed by atoms with Crippen LogP contribution < -0.4 is 0 Å². The number of benzene rings is 1. The minimum Gasteiger partial charge on any atom is -0.455 e. The summed E-state index contributed by atoms with van der Waals surface area (Å²) in [4.78, 5) is 20.5. The lowest BCUT2D eigenvalue weighted by Gasteiger charge is -2.08. The van der Waals surface area contributed by atoms with Gasteiger partial charge >= 0.3 is 11.4 Å². The number of ether oxygens (including phenoxy) is 1. The maximum Gasteiger partial charge on any atom is 0.417 e. The first-order chi connectivity index (χ1) is 8.21. The Labute approximate surface area is 109 Å². The summed E-state index contributed by atoms with van der Waals surface area (Å²) in [6.07, 6.45) is 0. The number of halogens is 4. The molecule has 0 saturated heterocycles. The first-order valence-corrected chi connectivity index (χ1v) is 5.14. The van der Waals surface area contributed by atoms with Crippen LogP contribution in [0.5, 0.6) is 0 Å². The third-order valence-corrected chi connectivity index (χ3v) is 2.28. The van der Waals surface area contributed by atoms with Crippen LogP contribution in [-0.4, -0.2) is 16.3 Å². The quantitative estimate of drug-likeness (QED) is 0.371. The van der Waals surface area contributed by atoms with E-state index in [9.17, 15) is 23.7 Å². The predicted octanol–water partition coefficient (Wildman–Crippen LogP) is 3.12. The van der Waals surface area contributed by atoms with Crippen LogP contribution in [0.4, 0.5) is 14.5 Å². The van der Waals surface area contributed by atoms with Crippen molar-refractivity contribution in [2.75, 3.05) is 0 Å². The van der Waals surface area contributed by atoms with E-state index in [2.05, 4.69) is 16.3 Å². The number of hydrogen-bond acceptors (Lipinski definition) is 4. The summed E-state index contributed by atoms with van der Waals surface area (Å²) in [6, 6.07) is 3.51. The maximum absolute atomic E-state index is 12.3. The molecule has 98 valence electrons. The average molecular weight is 300 g/mol. The number of carbonyl (C=O) groups excluding carboxylic acids is 1. The van der Waals surface area contributed by atoms with Crippen LogP contribution in [0.2, 0.25) is 5.02 Å². The molecule has 1 aromatic rings. The number of esters is 1. The van der Waals surface area contributed by atoms with Crippen molar-refractivity contribution < 1.29 is 23.2 Å². The van der Waals surface area contributed by atoms with Gasteiger partial charge in [0.2, 0.25) is 0 Å². The van der Waals surface area contributed by atoms with Crippen molar-refractivity contribution in [3.8, 4) is 0 Å². The largest absolute Gasteiger partial charge is 0.455 e. The molecule has 18 heavy (non-hydrogen) atoms. The number of nitro benzene ring substituents is 1. The first-order valence-electron chi connectivity index (χ1n) is 4.38. The van der Waals surface area contributed by atoms with Crippen molar-refractivity contribution in [3.05, 3.63) is 38.9 Å². The number of alkyl halides is 3. The second-order valence-electron chi connectivity index (χ2n) is 3.12. The van der Waals surface area contributed by atoms with Crippen LogP contribution in [0.3, 0.4) is 0 Å². The fourth-order valence-electron chi connectivity index (χ4n) is 1.02. The van der Waals surface area contributed by atoms with Gasteiger partial charge in [0.05, 0.1) is 4.92 Å². The molecule has 0 aliphatic carbocycles. The van der Waals surface area contributed by atoms with E-state index in [0.29, 0.717) is 0 Å². The van der Waals surface area contributed by atoms with Gasteiger partial charge < -0.3 is 4.74 Å². The summed E-state index contributed by atoms with van der Waals surface area (Å²) < 4.78 is 28.7. The summed E-state index contributed by atoms with van der Waals surface area (Å²) in [5.74, 6) is -1.93. The Hall–Kier alpha value is -1.47. The van der Waals surface area contributed by atoms with Gasteiger partial charge in [-0.3, -0.25) is 10.1 Å². The molecule has 0 atom stereocenters. The number of nitro groups is 1. The number of rotatable bonds is 4. The molecule has 0 N–H and O–H groups in total. The normalized spacial score (nSPS) is 11.1.